The van der Waals surface area contributed by atoms with Gasteiger partial charge in [-0.2, -0.15) is 0 Å². The molecule has 1 fully saturated rings. The number of urea groups is 1. The summed E-state index contributed by atoms with van der Waals surface area (Å²) in [5.41, 5.74) is 3.43. The fourth-order valence-corrected chi connectivity index (χ4v) is 6.15. The second-order valence-electron chi connectivity index (χ2n) is 11.2. The van der Waals surface area contributed by atoms with Crippen LogP contribution in [0.25, 0.3) is 11.0 Å². The highest BCUT2D eigenvalue weighted by Gasteiger charge is 2.17. The summed E-state index contributed by atoms with van der Waals surface area (Å²) in [5, 5.41) is 10.1. The molecule has 3 aromatic heterocycles. The van der Waals surface area contributed by atoms with E-state index in [1.54, 1.807) is 24.4 Å². The molecule has 6 rings (SSSR count). The van der Waals surface area contributed by atoms with Crippen molar-refractivity contribution >= 4 is 73.7 Å². The van der Waals surface area contributed by atoms with Crippen molar-refractivity contribution in [1.82, 2.24) is 24.8 Å². The largest absolute Gasteiger partial charge is 0.339 e. The molecule has 0 unspecified atom stereocenters. The number of rotatable bonds is 8. The first-order chi connectivity index (χ1) is 22.3. The number of piperidine rings is 1. The second kappa shape index (κ2) is 14.3. The third kappa shape index (κ3) is 7.63. The van der Waals surface area contributed by atoms with Crippen molar-refractivity contribution in [2.24, 2.45) is 0 Å². The van der Waals surface area contributed by atoms with E-state index in [4.69, 9.17) is 4.98 Å². The molecule has 1 aliphatic rings. The number of hydrogen-bond donors (Lipinski definition) is 3. The molecule has 0 aliphatic carbocycles. The third-order valence-electron chi connectivity index (χ3n) is 7.55. The van der Waals surface area contributed by atoms with E-state index in [2.05, 4.69) is 60.7 Å². The monoisotopic (exact) mass is 696 g/mol. The number of pyridine rings is 2. The number of carbonyl (C=O) groups excluding carboxylic acids is 2. The molecule has 0 saturated carbocycles. The first-order valence-corrected chi connectivity index (χ1v) is 16.7. The van der Waals surface area contributed by atoms with Gasteiger partial charge >= 0.3 is 6.03 Å². The Labute approximate surface area is 280 Å². The van der Waals surface area contributed by atoms with Crippen molar-refractivity contribution in [2.45, 2.75) is 48.8 Å². The Bertz CT molecular complexity index is 1860. The van der Waals surface area contributed by atoms with Crippen LogP contribution in [0, 0.1) is 0 Å². The lowest BCUT2D eigenvalue weighted by Gasteiger charge is -2.26. The number of anilines is 4. The van der Waals surface area contributed by atoms with Gasteiger partial charge in [-0.15, -0.1) is 0 Å². The number of aromatic nitrogens is 4. The fraction of sp³-hybridized carbons (Fsp3) is 0.235. The van der Waals surface area contributed by atoms with Crippen LogP contribution >= 0.6 is 27.7 Å². The third-order valence-corrected chi connectivity index (χ3v) is 9.10. The number of amides is 3. The predicted octanol–water partition coefficient (Wildman–Crippen LogP) is 8.47. The van der Waals surface area contributed by atoms with Gasteiger partial charge in [-0.05, 0) is 108 Å². The van der Waals surface area contributed by atoms with E-state index in [9.17, 15) is 9.59 Å². The van der Waals surface area contributed by atoms with Gasteiger partial charge in [0.2, 0.25) is 0 Å². The molecule has 0 radical (unpaired) electrons. The number of benzene rings is 2. The lowest BCUT2D eigenvalue weighted by Crippen LogP contribution is -2.38. The summed E-state index contributed by atoms with van der Waals surface area (Å²) < 4.78 is 0.822. The standard InChI is InChI=1S/C34H33BrN8O2S/c1-21(2)27-13-12-26-31(40-27)37-20-38-32(26)41-28-18-22(33(44)42-30-15-7-23(35)19-36-30)6-14-29(28)46-25-10-8-24(9-11-25)39-34(45)43-16-4-3-5-17-43/h6-15,18-21H,3-5,16-17H2,1-2H3,(H,39,45)(H,36,42,44)(H,37,38,40,41). The smallest absolute Gasteiger partial charge is 0.321 e. The van der Waals surface area contributed by atoms with Crippen LogP contribution in [0.4, 0.5) is 27.8 Å². The van der Waals surface area contributed by atoms with E-state index in [1.807, 2.05) is 53.4 Å². The molecule has 3 amide bonds. The summed E-state index contributed by atoms with van der Waals surface area (Å²) in [6, 6.07) is 20.7. The first-order valence-electron chi connectivity index (χ1n) is 15.1. The van der Waals surface area contributed by atoms with Crippen LogP contribution in [-0.4, -0.2) is 49.9 Å². The van der Waals surface area contributed by atoms with Crippen LogP contribution in [0.1, 0.15) is 55.1 Å². The Hall–Kier alpha value is -4.55. The molecule has 1 aliphatic heterocycles. The fourth-order valence-electron chi connectivity index (χ4n) is 5.03. The molecule has 0 spiro atoms. The van der Waals surface area contributed by atoms with Gasteiger partial charge in [-0.25, -0.2) is 24.7 Å². The Balaban J connectivity index is 1.27. The zero-order valence-corrected chi connectivity index (χ0v) is 27.9. The van der Waals surface area contributed by atoms with E-state index in [0.29, 0.717) is 28.5 Å². The molecular formula is C34H33BrN8O2S. The summed E-state index contributed by atoms with van der Waals surface area (Å²) in [7, 11) is 0. The number of carbonyl (C=O) groups is 2. The summed E-state index contributed by atoms with van der Waals surface area (Å²) in [5.74, 6) is 0.998. The average molecular weight is 698 g/mol. The van der Waals surface area contributed by atoms with Gasteiger partial charge in [-0.1, -0.05) is 25.6 Å². The average Bonchev–Trinajstić information content (AvgIpc) is 3.07. The topological polar surface area (TPSA) is 125 Å². The number of hydrogen-bond acceptors (Lipinski definition) is 8. The van der Waals surface area contributed by atoms with Crippen LogP contribution in [0.3, 0.4) is 0 Å². The van der Waals surface area contributed by atoms with Crippen molar-refractivity contribution in [2.75, 3.05) is 29.0 Å². The van der Waals surface area contributed by atoms with Gasteiger partial charge in [0.15, 0.2) is 5.65 Å². The van der Waals surface area contributed by atoms with Gasteiger partial charge in [0.05, 0.1) is 11.1 Å². The number of nitrogens with one attached hydrogen (secondary N) is 3. The molecule has 4 heterocycles. The number of nitrogens with zero attached hydrogens (tertiary/aromatic N) is 5. The molecule has 234 valence electrons. The van der Waals surface area contributed by atoms with Crippen LogP contribution in [0.15, 0.2) is 93.5 Å². The maximum Gasteiger partial charge on any atom is 0.321 e. The molecule has 1 saturated heterocycles. The van der Waals surface area contributed by atoms with Crippen LogP contribution in [0.2, 0.25) is 0 Å². The Kier molecular flexibility index (Phi) is 9.74. The van der Waals surface area contributed by atoms with Gasteiger partial charge < -0.3 is 20.9 Å². The van der Waals surface area contributed by atoms with Gasteiger partial charge in [-0.3, -0.25) is 4.79 Å². The zero-order valence-electron chi connectivity index (χ0n) is 25.5. The lowest BCUT2D eigenvalue weighted by molar-refractivity contribution is 0.102. The normalized spacial score (nSPS) is 13.1. The van der Waals surface area contributed by atoms with E-state index in [0.717, 1.165) is 57.0 Å². The van der Waals surface area contributed by atoms with Crippen molar-refractivity contribution in [3.05, 3.63) is 95.0 Å². The highest BCUT2D eigenvalue weighted by molar-refractivity contribution is 9.10. The molecule has 5 aromatic rings. The number of likely N-dealkylation sites (tertiary alicyclic amines) is 1. The maximum absolute atomic E-state index is 13.3. The Morgan fingerprint density at radius 2 is 1.70 bits per heavy atom. The van der Waals surface area contributed by atoms with Crippen molar-refractivity contribution in [3.63, 3.8) is 0 Å². The van der Waals surface area contributed by atoms with Gasteiger partial charge in [0.25, 0.3) is 5.91 Å². The van der Waals surface area contributed by atoms with E-state index in [-0.39, 0.29) is 17.9 Å². The van der Waals surface area contributed by atoms with E-state index < -0.39 is 0 Å². The summed E-state index contributed by atoms with van der Waals surface area (Å²) in [6.07, 6.45) is 6.37. The predicted molar refractivity (Wildman–Crippen MR) is 186 cm³/mol. The minimum Gasteiger partial charge on any atom is -0.339 e. The SMILES string of the molecule is CC(C)c1ccc2c(Nc3cc(C(=O)Nc4ccc(Br)cn4)ccc3Sc3ccc(NC(=O)N4CCCCC4)cc3)ncnc2n1. The molecule has 2 aromatic carbocycles. The highest BCUT2D eigenvalue weighted by atomic mass is 79.9. The number of fused-ring (bicyclic) bond motifs is 1. The van der Waals surface area contributed by atoms with Crippen LogP contribution in [0.5, 0.6) is 0 Å². The minimum absolute atomic E-state index is 0.0640. The minimum atomic E-state index is -0.293. The van der Waals surface area contributed by atoms with Crippen LogP contribution < -0.4 is 16.0 Å². The van der Waals surface area contributed by atoms with Crippen LogP contribution in [-0.2, 0) is 0 Å². The molecule has 46 heavy (non-hydrogen) atoms. The molecule has 3 N–H and O–H groups in total. The molecule has 12 heteroatoms. The Morgan fingerprint density at radius 3 is 2.43 bits per heavy atom. The number of halogens is 1. The van der Waals surface area contributed by atoms with Crippen molar-refractivity contribution < 1.29 is 9.59 Å². The molecule has 10 nitrogen and oxygen atoms in total. The first kappa shape index (κ1) is 31.4. The lowest BCUT2D eigenvalue weighted by atomic mass is 10.1. The van der Waals surface area contributed by atoms with E-state index >= 15 is 0 Å². The quantitative estimate of drug-likeness (QED) is 0.148. The molecule has 0 atom stereocenters. The summed E-state index contributed by atoms with van der Waals surface area (Å²) in [4.78, 5) is 47.5. The maximum atomic E-state index is 13.3. The zero-order chi connectivity index (χ0) is 32.0. The van der Waals surface area contributed by atoms with Crippen molar-refractivity contribution in [1.29, 1.82) is 0 Å². The summed E-state index contributed by atoms with van der Waals surface area (Å²) >= 11 is 4.90. The van der Waals surface area contributed by atoms with Gasteiger partial charge in [0, 0.05) is 50.5 Å². The summed E-state index contributed by atoms with van der Waals surface area (Å²) in [6.45, 7) is 5.76. The molecular weight excluding hydrogens is 664 g/mol. The van der Waals surface area contributed by atoms with Crippen molar-refractivity contribution in [3.8, 4) is 0 Å². The Morgan fingerprint density at radius 1 is 0.891 bits per heavy atom. The highest BCUT2D eigenvalue weighted by Crippen LogP contribution is 2.37. The van der Waals surface area contributed by atoms with Gasteiger partial charge in [0.1, 0.15) is 18.0 Å². The van der Waals surface area contributed by atoms with E-state index in [1.165, 1.54) is 24.5 Å². The molecule has 0 bridgehead atoms. The second-order valence-corrected chi connectivity index (χ2v) is 13.3.